The number of halogens is 3. The van der Waals surface area contributed by atoms with Gasteiger partial charge < -0.3 is 11.1 Å². The normalized spacial score (nSPS) is 14.4. The Balaban J connectivity index is 1.65. The van der Waals surface area contributed by atoms with Gasteiger partial charge in [0.05, 0.1) is 22.6 Å². The van der Waals surface area contributed by atoms with Crippen LogP contribution in [0.1, 0.15) is 66.7 Å². The third-order valence-corrected chi connectivity index (χ3v) is 8.12. The maximum absolute atomic E-state index is 14.0. The number of carbonyl (C=O) groups is 1. The topological polar surface area (TPSA) is 76.2 Å². The van der Waals surface area contributed by atoms with E-state index in [1.165, 1.54) is 23.3 Å². The molecular weight excluding hydrogens is 539 g/mol. The number of aryl methyl sites for hydroxylation is 2. The summed E-state index contributed by atoms with van der Waals surface area (Å²) >= 11 is 0. The molecule has 3 aromatic carbocycles. The van der Waals surface area contributed by atoms with Crippen molar-refractivity contribution in [1.82, 2.24) is 14.7 Å². The van der Waals surface area contributed by atoms with E-state index in [-0.39, 0.29) is 0 Å². The van der Waals surface area contributed by atoms with Gasteiger partial charge in [-0.05, 0) is 54.2 Å². The Morgan fingerprint density at radius 3 is 2.24 bits per heavy atom. The summed E-state index contributed by atoms with van der Waals surface area (Å²) in [5.74, 6) is 0. The van der Waals surface area contributed by atoms with Crippen molar-refractivity contribution in [2.45, 2.75) is 65.2 Å². The van der Waals surface area contributed by atoms with Crippen LogP contribution in [0.15, 0.2) is 66.7 Å². The lowest BCUT2D eigenvalue weighted by atomic mass is 9.93. The van der Waals surface area contributed by atoms with Gasteiger partial charge in [0.15, 0.2) is 0 Å². The van der Waals surface area contributed by atoms with E-state index in [1.54, 1.807) is 24.3 Å². The van der Waals surface area contributed by atoms with Gasteiger partial charge in [-0.3, -0.25) is 4.90 Å². The lowest BCUT2D eigenvalue weighted by Gasteiger charge is -2.35. The first kappa shape index (κ1) is 29.4. The molecule has 42 heavy (non-hydrogen) atoms. The maximum Gasteiger partial charge on any atom is 0.416 e. The van der Waals surface area contributed by atoms with Gasteiger partial charge in [-0.25, -0.2) is 9.48 Å². The van der Waals surface area contributed by atoms with E-state index in [1.807, 2.05) is 23.7 Å². The van der Waals surface area contributed by atoms with E-state index in [0.29, 0.717) is 37.2 Å². The zero-order chi connectivity index (χ0) is 30.0. The molecule has 2 amide bonds. The van der Waals surface area contributed by atoms with Crippen LogP contribution in [0, 0.1) is 0 Å². The number of nitrogens with two attached hydrogens (primary N) is 1. The summed E-state index contributed by atoms with van der Waals surface area (Å²) in [7, 11) is 0. The molecular formula is C33H36F3N5O. The van der Waals surface area contributed by atoms with Gasteiger partial charge in [-0.2, -0.15) is 18.3 Å². The summed E-state index contributed by atoms with van der Waals surface area (Å²) in [5, 5.41) is 7.76. The van der Waals surface area contributed by atoms with Gasteiger partial charge in [0.25, 0.3) is 0 Å². The Hall–Kier alpha value is -4.11. The average molecular weight is 576 g/mol. The summed E-state index contributed by atoms with van der Waals surface area (Å²) in [5.41, 5.74) is 12.8. The number of amides is 2. The van der Waals surface area contributed by atoms with Crippen LogP contribution in [0.5, 0.6) is 0 Å². The first-order valence-corrected chi connectivity index (χ1v) is 14.4. The largest absolute Gasteiger partial charge is 0.416 e. The van der Waals surface area contributed by atoms with Crippen LogP contribution in [0.4, 0.5) is 23.7 Å². The van der Waals surface area contributed by atoms with Crippen LogP contribution in [-0.2, 0) is 32.0 Å². The van der Waals surface area contributed by atoms with E-state index in [9.17, 15) is 18.0 Å². The summed E-state index contributed by atoms with van der Waals surface area (Å²) in [4.78, 5) is 13.6. The minimum absolute atomic E-state index is 0.302. The Kier molecular flexibility index (Phi) is 8.41. The van der Waals surface area contributed by atoms with Crippen molar-refractivity contribution in [1.29, 1.82) is 0 Å². The standard InChI is InChI=1S/C33H36F3N5O/c1-4-21-10-9-11-22(5-2)30(21)41-31(23-14-16-24(17-15-23)38-32(37)42)26-20-40(19-18-28(26)39-41)29(6-3)25-12-7-8-13-27(25)33(34,35)36/h7-17,29H,4-6,18-20H2,1-3H3,(H3,37,38,42). The second kappa shape index (κ2) is 12.0. The quantitative estimate of drug-likeness (QED) is 0.226. The number of hydrogen-bond acceptors (Lipinski definition) is 3. The summed E-state index contributed by atoms with van der Waals surface area (Å²) in [6.45, 7) is 7.25. The number of urea groups is 1. The molecule has 0 aliphatic carbocycles. The van der Waals surface area contributed by atoms with E-state index >= 15 is 0 Å². The number of anilines is 1. The molecule has 0 spiro atoms. The summed E-state index contributed by atoms with van der Waals surface area (Å²) in [6.07, 6.45) is -1.61. The maximum atomic E-state index is 14.0. The molecule has 220 valence electrons. The van der Waals surface area contributed by atoms with Crippen molar-refractivity contribution >= 4 is 11.7 Å². The molecule has 0 bridgehead atoms. The number of rotatable bonds is 8. The van der Waals surface area contributed by atoms with Gasteiger partial charge in [0, 0.05) is 42.4 Å². The molecule has 1 aliphatic rings. The first-order chi connectivity index (χ1) is 20.2. The fraction of sp³-hybridized carbons (Fsp3) is 0.333. The third kappa shape index (κ3) is 5.66. The molecule has 9 heteroatoms. The number of alkyl halides is 3. The Morgan fingerprint density at radius 1 is 0.976 bits per heavy atom. The summed E-state index contributed by atoms with van der Waals surface area (Å²) < 4.78 is 44.1. The van der Waals surface area contributed by atoms with Crippen LogP contribution < -0.4 is 11.1 Å². The van der Waals surface area contributed by atoms with E-state index in [4.69, 9.17) is 10.8 Å². The average Bonchev–Trinajstić information content (AvgIpc) is 3.35. The molecule has 4 aromatic rings. The number of benzene rings is 3. The smallest absolute Gasteiger partial charge is 0.351 e. The highest BCUT2D eigenvalue weighted by molar-refractivity contribution is 5.88. The number of carbonyl (C=O) groups excluding carboxylic acids is 1. The second-order valence-electron chi connectivity index (χ2n) is 10.6. The van der Waals surface area contributed by atoms with Crippen molar-refractivity contribution in [3.8, 4) is 16.9 Å². The van der Waals surface area contributed by atoms with Gasteiger partial charge in [0.1, 0.15) is 0 Å². The highest BCUT2D eigenvalue weighted by atomic mass is 19.4. The predicted molar refractivity (Wildman–Crippen MR) is 160 cm³/mol. The number of primary amides is 1. The van der Waals surface area contributed by atoms with Crippen molar-refractivity contribution in [2.24, 2.45) is 5.73 Å². The van der Waals surface area contributed by atoms with E-state index in [2.05, 4.69) is 42.3 Å². The lowest BCUT2D eigenvalue weighted by Crippen LogP contribution is -2.35. The Morgan fingerprint density at radius 2 is 1.64 bits per heavy atom. The van der Waals surface area contributed by atoms with Crippen molar-refractivity contribution in [3.63, 3.8) is 0 Å². The molecule has 1 unspecified atom stereocenters. The Bertz CT molecular complexity index is 1550. The number of nitrogens with zero attached hydrogens (tertiary/aromatic N) is 3. The molecule has 0 saturated carbocycles. The molecule has 1 atom stereocenters. The predicted octanol–water partition coefficient (Wildman–Crippen LogP) is 7.68. The van der Waals surface area contributed by atoms with E-state index < -0.39 is 23.8 Å². The highest BCUT2D eigenvalue weighted by Gasteiger charge is 2.37. The van der Waals surface area contributed by atoms with Gasteiger partial charge in [-0.15, -0.1) is 0 Å². The molecule has 1 aliphatic heterocycles. The molecule has 1 aromatic heterocycles. The third-order valence-electron chi connectivity index (χ3n) is 8.12. The number of nitrogens with one attached hydrogen (secondary N) is 1. The van der Waals surface area contributed by atoms with E-state index in [0.717, 1.165) is 41.0 Å². The first-order valence-electron chi connectivity index (χ1n) is 14.4. The van der Waals surface area contributed by atoms with Crippen LogP contribution in [-0.4, -0.2) is 27.3 Å². The van der Waals surface area contributed by atoms with Crippen LogP contribution in [0.25, 0.3) is 16.9 Å². The number of fused-ring (bicyclic) bond motifs is 1. The number of para-hydroxylation sites is 1. The summed E-state index contributed by atoms with van der Waals surface area (Å²) in [6, 6.07) is 18.6. The minimum atomic E-state index is -4.43. The SMILES string of the molecule is CCc1cccc(CC)c1-n1nc2c(c1-c1ccc(NC(N)=O)cc1)CN(C(CC)c1ccccc1C(F)(F)F)CC2. The van der Waals surface area contributed by atoms with Gasteiger partial charge >= 0.3 is 12.2 Å². The van der Waals surface area contributed by atoms with Crippen LogP contribution in [0.2, 0.25) is 0 Å². The van der Waals surface area contributed by atoms with Crippen molar-refractivity contribution < 1.29 is 18.0 Å². The minimum Gasteiger partial charge on any atom is -0.351 e. The second-order valence-corrected chi connectivity index (χ2v) is 10.6. The number of aromatic nitrogens is 2. The molecule has 3 N–H and O–H groups in total. The number of hydrogen-bond donors (Lipinski definition) is 2. The molecule has 2 heterocycles. The van der Waals surface area contributed by atoms with Crippen molar-refractivity contribution in [3.05, 3.63) is 100 Å². The molecule has 0 radical (unpaired) electrons. The van der Waals surface area contributed by atoms with Gasteiger partial charge in [-0.1, -0.05) is 69.3 Å². The van der Waals surface area contributed by atoms with Crippen LogP contribution >= 0.6 is 0 Å². The zero-order valence-electron chi connectivity index (χ0n) is 24.1. The van der Waals surface area contributed by atoms with Crippen LogP contribution in [0.3, 0.4) is 0 Å². The van der Waals surface area contributed by atoms with Crippen molar-refractivity contribution in [2.75, 3.05) is 11.9 Å². The molecule has 6 nitrogen and oxygen atoms in total. The molecule has 0 saturated heterocycles. The fourth-order valence-corrected chi connectivity index (χ4v) is 6.18. The monoisotopic (exact) mass is 575 g/mol. The molecule has 5 rings (SSSR count). The highest BCUT2D eigenvalue weighted by Crippen LogP contribution is 2.41. The zero-order valence-corrected chi connectivity index (χ0v) is 24.1. The molecule has 0 fully saturated rings. The Labute approximate surface area is 244 Å². The fourth-order valence-electron chi connectivity index (χ4n) is 6.18. The lowest BCUT2D eigenvalue weighted by molar-refractivity contribution is -0.138. The van der Waals surface area contributed by atoms with Gasteiger partial charge in [0.2, 0.25) is 0 Å².